The second kappa shape index (κ2) is 14.5. The number of ether oxygens (including phenoxy) is 1. The molecule has 2 fully saturated rings. The van der Waals surface area contributed by atoms with E-state index in [0.717, 1.165) is 52.7 Å². The van der Waals surface area contributed by atoms with E-state index < -0.39 is 11.5 Å². The van der Waals surface area contributed by atoms with Gasteiger partial charge in [0, 0.05) is 59.9 Å². The number of hydrogen-bond acceptors (Lipinski definition) is 9. The van der Waals surface area contributed by atoms with Crippen molar-refractivity contribution in [2.45, 2.75) is 84.3 Å². The van der Waals surface area contributed by atoms with Crippen LogP contribution in [0.5, 0.6) is 5.88 Å². The minimum Gasteiger partial charge on any atom is -0.477 e. The molecule has 1 saturated heterocycles. The van der Waals surface area contributed by atoms with E-state index in [1.807, 2.05) is 50.2 Å². The van der Waals surface area contributed by atoms with Gasteiger partial charge in [-0.05, 0) is 109 Å². The van der Waals surface area contributed by atoms with Gasteiger partial charge in [0.15, 0.2) is 5.78 Å². The molecule has 0 spiro atoms. The second-order valence-corrected chi connectivity index (χ2v) is 15.5. The minimum atomic E-state index is -0.764. The summed E-state index contributed by atoms with van der Waals surface area (Å²) in [7, 11) is 0. The Labute approximate surface area is 321 Å². The zero-order valence-corrected chi connectivity index (χ0v) is 32.1. The zero-order valence-electron chi connectivity index (χ0n) is 30.5. The summed E-state index contributed by atoms with van der Waals surface area (Å²) in [6.45, 7) is 5.40. The third kappa shape index (κ3) is 7.04. The molecule has 54 heavy (non-hydrogen) atoms. The Balaban J connectivity index is 1.20. The van der Waals surface area contributed by atoms with Crippen LogP contribution in [-0.4, -0.2) is 70.9 Å². The van der Waals surface area contributed by atoms with Crippen molar-refractivity contribution in [1.82, 2.24) is 34.6 Å². The zero-order chi connectivity index (χ0) is 37.6. The van der Waals surface area contributed by atoms with Gasteiger partial charge in [0.2, 0.25) is 17.7 Å². The van der Waals surface area contributed by atoms with Crippen molar-refractivity contribution in [3.8, 4) is 17.0 Å². The Morgan fingerprint density at radius 2 is 1.83 bits per heavy atom. The van der Waals surface area contributed by atoms with Crippen molar-refractivity contribution in [2.24, 2.45) is 5.41 Å². The lowest BCUT2D eigenvalue weighted by Crippen LogP contribution is -2.47. The molecule has 0 unspecified atom stereocenters. The van der Waals surface area contributed by atoms with E-state index >= 15 is 0 Å². The SMILES string of the molecule is CC(=O)c1nn2c3c(cc(-c4cnc(C)nc4)cc13)CCCC/C=C\Cc1cccc(n1)OC[C@@]13C[C@@H](C(=O)Nc4nc(Br)ccc4C)N(C(=O)C2)[C@@H]1C3. The largest absolute Gasteiger partial charge is 0.477 e. The fourth-order valence-electron chi connectivity index (χ4n) is 7.91. The van der Waals surface area contributed by atoms with Crippen LogP contribution < -0.4 is 10.1 Å². The average molecular weight is 790 g/mol. The van der Waals surface area contributed by atoms with E-state index in [2.05, 4.69) is 54.4 Å². The van der Waals surface area contributed by atoms with Gasteiger partial charge in [-0.3, -0.25) is 19.1 Å². The van der Waals surface area contributed by atoms with Gasteiger partial charge in [0.1, 0.15) is 34.5 Å². The summed E-state index contributed by atoms with van der Waals surface area (Å²) in [5.74, 6) is 0.870. The fraction of sp³-hybridized carbons (Fsp3) is 0.366. The number of pyridine rings is 2. The van der Waals surface area contributed by atoms with E-state index in [-0.39, 0.29) is 30.2 Å². The summed E-state index contributed by atoms with van der Waals surface area (Å²) in [5.41, 5.74) is 5.04. The van der Waals surface area contributed by atoms with Crippen LogP contribution in [0.2, 0.25) is 0 Å². The maximum Gasteiger partial charge on any atom is 0.248 e. The number of rotatable bonds is 4. The molecule has 0 radical (unpaired) electrons. The number of hydrogen-bond donors (Lipinski definition) is 1. The molecule has 2 amide bonds. The molecule has 276 valence electrons. The number of halogens is 1. The first-order valence-electron chi connectivity index (χ1n) is 18.4. The Morgan fingerprint density at radius 3 is 2.65 bits per heavy atom. The third-order valence-electron chi connectivity index (χ3n) is 10.8. The lowest BCUT2D eigenvalue weighted by atomic mass is 9.97. The number of amides is 2. The van der Waals surface area contributed by atoms with Gasteiger partial charge in [-0.1, -0.05) is 24.3 Å². The van der Waals surface area contributed by atoms with Crippen molar-refractivity contribution >= 4 is 50.2 Å². The first kappa shape index (κ1) is 35.7. The molecule has 3 atom stereocenters. The number of nitrogens with one attached hydrogen (secondary N) is 1. The molecule has 13 heteroatoms. The van der Waals surface area contributed by atoms with Crippen molar-refractivity contribution in [2.75, 3.05) is 11.9 Å². The van der Waals surface area contributed by atoms with E-state index in [1.165, 1.54) is 6.92 Å². The molecule has 1 saturated carbocycles. The second-order valence-electron chi connectivity index (χ2n) is 14.7. The molecule has 4 aromatic heterocycles. The highest BCUT2D eigenvalue weighted by Crippen LogP contribution is 2.60. The average Bonchev–Trinajstić information content (AvgIpc) is 3.56. The number of carbonyl (C=O) groups excluding carboxylic acids is 3. The minimum absolute atomic E-state index is 0.137. The van der Waals surface area contributed by atoms with Crippen molar-refractivity contribution in [3.05, 3.63) is 100.0 Å². The molecule has 8 rings (SSSR count). The van der Waals surface area contributed by atoms with Crippen LogP contribution in [-0.2, 0) is 29.0 Å². The number of anilines is 1. The van der Waals surface area contributed by atoms with Crippen LogP contribution in [0.4, 0.5) is 5.82 Å². The third-order valence-corrected chi connectivity index (χ3v) is 11.3. The normalized spacial score (nSPS) is 21.9. The van der Waals surface area contributed by atoms with Gasteiger partial charge in [-0.2, -0.15) is 5.10 Å². The Morgan fingerprint density at radius 1 is 1.00 bits per heavy atom. The van der Waals surface area contributed by atoms with Gasteiger partial charge in [0.05, 0.1) is 12.1 Å². The summed E-state index contributed by atoms with van der Waals surface area (Å²) in [4.78, 5) is 61.7. The molecule has 12 nitrogen and oxygen atoms in total. The van der Waals surface area contributed by atoms with Crippen LogP contribution in [0.25, 0.3) is 22.0 Å². The predicted molar refractivity (Wildman–Crippen MR) is 207 cm³/mol. The number of allylic oxidation sites excluding steroid dienone is 2. The van der Waals surface area contributed by atoms with Crippen LogP contribution in [0.3, 0.4) is 0 Å². The van der Waals surface area contributed by atoms with E-state index in [9.17, 15) is 14.4 Å². The molecule has 1 aromatic carbocycles. The molecule has 3 aliphatic rings. The van der Waals surface area contributed by atoms with Crippen molar-refractivity contribution in [3.63, 3.8) is 0 Å². The molecular weight excluding hydrogens is 748 g/mol. The molecular formula is C41H41BrN8O4. The Kier molecular flexibility index (Phi) is 9.59. The van der Waals surface area contributed by atoms with E-state index in [0.29, 0.717) is 65.5 Å². The maximum atomic E-state index is 14.7. The number of fused-ring (bicyclic) bond motifs is 2. The molecule has 5 aromatic rings. The summed E-state index contributed by atoms with van der Waals surface area (Å²) in [5, 5.41) is 8.47. The van der Waals surface area contributed by atoms with Crippen LogP contribution >= 0.6 is 15.9 Å². The quantitative estimate of drug-likeness (QED) is 0.119. The number of Topliss-reactive ketones (excluding diaryl/α,β-unsaturated/α-hetero) is 1. The lowest BCUT2D eigenvalue weighted by Gasteiger charge is -2.27. The van der Waals surface area contributed by atoms with Crippen molar-refractivity contribution in [1.29, 1.82) is 0 Å². The van der Waals surface area contributed by atoms with Crippen LogP contribution in [0, 0.1) is 19.3 Å². The van der Waals surface area contributed by atoms with E-state index in [4.69, 9.17) is 14.8 Å². The number of aromatic nitrogens is 6. The standard InChI is InChI=1S/C41H41BrN8O4/c1-24-14-15-34(42)46-39(24)47-40(53)32-18-41-19-33(41)50(32)36(52)22-49-38-27(10-7-5-4-6-8-11-30-12-9-13-35(45-30)54-23-41)16-28(29-20-43-26(3)44-21-29)17-31(38)37(48-49)25(2)51/h6,8-9,12-17,20-21,32-33H,4-5,7,10-11,18-19,22-23H2,1-3H3,(H,46,47,53)/b8-6-/t32-,33+,41-/m0/s1. The summed E-state index contributed by atoms with van der Waals surface area (Å²) in [6, 6.07) is 12.6. The van der Waals surface area contributed by atoms with Crippen molar-refractivity contribution < 1.29 is 19.1 Å². The molecule has 1 N–H and O–H groups in total. The van der Waals surface area contributed by atoms with E-state index in [1.54, 1.807) is 22.0 Å². The number of nitrogens with zero attached hydrogens (tertiary/aromatic N) is 7. The van der Waals surface area contributed by atoms with Gasteiger partial charge < -0.3 is 15.0 Å². The fourth-order valence-corrected chi connectivity index (χ4v) is 8.22. The molecule has 6 heterocycles. The Hall–Kier alpha value is -5.30. The molecule has 4 bridgehead atoms. The van der Waals surface area contributed by atoms with Crippen LogP contribution in [0.15, 0.2) is 71.6 Å². The highest BCUT2D eigenvalue weighted by molar-refractivity contribution is 9.10. The number of aryl methyl sites for hydroxylation is 3. The predicted octanol–water partition coefficient (Wildman–Crippen LogP) is 6.77. The smallest absolute Gasteiger partial charge is 0.248 e. The first-order chi connectivity index (χ1) is 26.1. The summed E-state index contributed by atoms with van der Waals surface area (Å²) in [6.07, 6.45) is 13.2. The monoisotopic (exact) mass is 788 g/mol. The van der Waals surface area contributed by atoms with Gasteiger partial charge in [-0.25, -0.2) is 19.9 Å². The topological polar surface area (TPSA) is 145 Å². The molecule has 2 aliphatic heterocycles. The summed E-state index contributed by atoms with van der Waals surface area (Å²) >= 11 is 3.41. The number of ketones is 1. The number of carbonyl (C=O) groups is 3. The van der Waals surface area contributed by atoms with Crippen LogP contribution in [0.1, 0.15) is 72.2 Å². The highest BCUT2D eigenvalue weighted by Gasteiger charge is 2.67. The highest BCUT2D eigenvalue weighted by atomic mass is 79.9. The molecule has 1 aliphatic carbocycles. The number of benzene rings is 1. The lowest BCUT2D eigenvalue weighted by molar-refractivity contribution is -0.138. The maximum absolute atomic E-state index is 14.7. The van der Waals surface area contributed by atoms with Gasteiger partial charge >= 0.3 is 0 Å². The van der Waals surface area contributed by atoms with Gasteiger partial charge in [-0.15, -0.1) is 0 Å². The summed E-state index contributed by atoms with van der Waals surface area (Å²) < 4.78 is 8.57. The van der Waals surface area contributed by atoms with Gasteiger partial charge in [0.25, 0.3) is 0 Å². The number of piperidine rings is 1. The first-order valence-corrected chi connectivity index (χ1v) is 19.2. The Bertz CT molecular complexity index is 2320.